The molecule has 3 rings (SSSR count). The van der Waals surface area contributed by atoms with Gasteiger partial charge < -0.3 is 9.47 Å². The Morgan fingerprint density at radius 3 is 1.76 bits per heavy atom. The molecule has 0 atom stereocenters. The first-order chi connectivity index (χ1) is 15.9. The van der Waals surface area contributed by atoms with Crippen LogP contribution in [0.25, 0.3) is 0 Å². The number of rotatable bonds is 9. The zero-order chi connectivity index (χ0) is 23.8. The number of hydrogen-bond acceptors (Lipinski definition) is 4. The molecule has 4 heteroatoms. The second-order valence-corrected chi connectivity index (χ2v) is 7.42. The van der Waals surface area contributed by atoms with E-state index in [2.05, 4.69) is 6.58 Å². The topological polar surface area (TPSA) is 52.6 Å². The highest BCUT2D eigenvalue weighted by Crippen LogP contribution is 2.23. The van der Waals surface area contributed by atoms with E-state index < -0.39 is 0 Å². The van der Waals surface area contributed by atoms with E-state index in [-0.39, 0.29) is 11.6 Å². The van der Waals surface area contributed by atoms with Crippen molar-refractivity contribution in [3.63, 3.8) is 0 Å². The SMILES string of the molecule is C=C(/C=C\C(=C/C)C(=O)c1ccc(C(=O)c2ccc(Oc3ccc(C)cc3)cc2)cc1)OC. The first-order valence-electron chi connectivity index (χ1n) is 10.5. The molecule has 0 spiro atoms. The Morgan fingerprint density at radius 1 is 0.758 bits per heavy atom. The maximum atomic E-state index is 12.9. The van der Waals surface area contributed by atoms with Gasteiger partial charge in [0.05, 0.1) is 7.11 Å². The van der Waals surface area contributed by atoms with Crippen molar-refractivity contribution in [3.05, 3.63) is 131 Å². The third kappa shape index (κ3) is 6.17. The Hall–Kier alpha value is -4.18. The number of Topliss-reactive ketones (excluding diaryl/α,β-unsaturated/α-hetero) is 1. The van der Waals surface area contributed by atoms with Gasteiger partial charge in [0.15, 0.2) is 11.6 Å². The van der Waals surface area contributed by atoms with E-state index in [4.69, 9.17) is 9.47 Å². The van der Waals surface area contributed by atoms with Gasteiger partial charge in [0.25, 0.3) is 0 Å². The lowest BCUT2D eigenvalue weighted by Gasteiger charge is -2.08. The van der Waals surface area contributed by atoms with Crippen LogP contribution in [0.2, 0.25) is 0 Å². The molecule has 33 heavy (non-hydrogen) atoms. The molecule has 3 aromatic rings. The third-order valence-corrected chi connectivity index (χ3v) is 5.07. The van der Waals surface area contributed by atoms with Gasteiger partial charge in [-0.1, -0.05) is 54.6 Å². The van der Waals surface area contributed by atoms with Crippen LogP contribution in [0.3, 0.4) is 0 Å². The van der Waals surface area contributed by atoms with Gasteiger partial charge in [-0.3, -0.25) is 9.59 Å². The first kappa shape index (κ1) is 23.5. The molecule has 0 aliphatic rings. The lowest BCUT2D eigenvalue weighted by atomic mass is 9.98. The summed E-state index contributed by atoms with van der Waals surface area (Å²) in [6.45, 7) is 7.51. The smallest absolute Gasteiger partial charge is 0.193 e. The number of ether oxygens (including phenoxy) is 2. The summed E-state index contributed by atoms with van der Waals surface area (Å²) in [6, 6.07) is 21.4. The van der Waals surface area contributed by atoms with Crippen LogP contribution >= 0.6 is 0 Å². The second-order valence-electron chi connectivity index (χ2n) is 7.42. The molecule has 0 radical (unpaired) electrons. The number of benzene rings is 3. The molecule has 4 nitrogen and oxygen atoms in total. The number of allylic oxidation sites excluding steroid dienone is 4. The Kier molecular flexibility index (Phi) is 7.77. The predicted molar refractivity (Wildman–Crippen MR) is 131 cm³/mol. The van der Waals surface area contributed by atoms with Gasteiger partial charge in [-0.25, -0.2) is 0 Å². The summed E-state index contributed by atoms with van der Waals surface area (Å²) < 4.78 is 10.8. The van der Waals surface area contributed by atoms with Crippen LogP contribution in [-0.4, -0.2) is 18.7 Å². The van der Waals surface area contributed by atoms with Crippen molar-refractivity contribution in [2.45, 2.75) is 13.8 Å². The average Bonchev–Trinajstić information content (AvgIpc) is 2.85. The molecule has 0 aliphatic heterocycles. The average molecular weight is 439 g/mol. The van der Waals surface area contributed by atoms with Crippen LogP contribution in [0.1, 0.15) is 38.8 Å². The standard InChI is InChI=1S/C29H26O4/c1-5-22(9-8-21(3)32-4)28(30)23-10-12-24(13-11-23)29(31)25-14-18-27(19-15-25)33-26-16-6-20(2)7-17-26/h5-19H,3H2,1-2,4H3/b9-8-,22-5+. The van der Waals surface area contributed by atoms with Crippen molar-refractivity contribution in [3.8, 4) is 11.5 Å². The predicted octanol–water partition coefficient (Wildman–Crippen LogP) is 6.86. The summed E-state index contributed by atoms with van der Waals surface area (Å²) in [5.74, 6) is 1.58. The van der Waals surface area contributed by atoms with Crippen molar-refractivity contribution < 1.29 is 19.1 Å². The number of carbonyl (C=O) groups is 2. The molecule has 0 fully saturated rings. The zero-order valence-corrected chi connectivity index (χ0v) is 19.0. The number of aryl methyl sites for hydroxylation is 1. The van der Waals surface area contributed by atoms with Gasteiger partial charge in [0.2, 0.25) is 0 Å². The fourth-order valence-corrected chi connectivity index (χ4v) is 3.08. The molecule has 0 bridgehead atoms. The largest absolute Gasteiger partial charge is 0.497 e. The Morgan fingerprint density at radius 2 is 1.24 bits per heavy atom. The highest BCUT2D eigenvalue weighted by atomic mass is 16.5. The Labute approximate surface area is 194 Å². The second kappa shape index (κ2) is 10.9. The molecule has 0 heterocycles. The number of ketones is 2. The van der Waals surface area contributed by atoms with Gasteiger partial charge in [0, 0.05) is 22.3 Å². The number of methoxy groups -OCH3 is 1. The lowest BCUT2D eigenvalue weighted by Crippen LogP contribution is -2.05. The van der Waals surface area contributed by atoms with Crippen LogP contribution in [-0.2, 0) is 4.74 Å². The molecule has 166 valence electrons. The normalized spacial score (nSPS) is 11.3. The molecule has 0 N–H and O–H groups in total. The molecular weight excluding hydrogens is 412 g/mol. The van der Waals surface area contributed by atoms with E-state index in [0.29, 0.717) is 33.8 Å². The Bertz CT molecular complexity index is 1200. The van der Waals surface area contributed by atoms with Crippen molar-refractivity contribution in [1.29, 1.82) is 0 Å². The van der Waals surface area contributed by atoms with Crippen LogP contribution in [0.15, 0.2) is 109 Å². The summed E-state index contributed by atoms with van der Waals surface area (Å²) in [5, 5.41) is 0. The van der Waals surface area contributed by atoms with E-state index in [1.54, 1.807) is 73.7 Å². The van der Waals surface area contributed by atoms with Crippen LogP contribution in [0.4, 0.5) is 0 Å². The summed E-state index contributed by atoms with van der Waals surface area (Å²) in [6.07, 6.45) is 5.02. The van der Waals surface area contributed by atoms with Crippen LogP contribution < -0.4 is 4.74 Å². The monoisotopic (exact) mass is 438 g/mol. The molecule has 3 aromatic carbocycles. The quantitative estimate of drug-likeness (QED) is 0.158. The molecular formula is C29H26O4. The molecule has 0 amide bonds. The third-order valence-electron chi connectivity index (χ3n) is 5.07. The zero-order valence-electron chi connectivity index (χ0n) is 19.0. The summed E-state index contributed by atoms with van der Waals surface area (Å²) in [7, 11) is 1.52. The van der Waals surface area contributed by atoms with E-state index in [0.717, 1.165) is 11.3 Å². The molecule has 0 saturated heterocycles. The number of carbonyl (C=O) groups excluding carboxylic acids is 2. The summed E-state index contributed by atoms with van der Waals surface area (Å²) in [4.78, 5) is 25.6. The van der Waals surface area contributed by atoms with Gasteiger partial charge >= 0.3 is 0 Å². The minimum atomic E-state index is -0.144. The van der Waals surface area contributed by atoms with E-state index in [9.17, 15) is 9.59 Å². The van der Waals surface area contributed by atoms with E-state index in [1.165, 1.54) is 7.11 Å². The summed E-state index contributed by atoms with van der Waals surface area (Å²) >= 11 is 0. The van der Waals surface area contributed by atoms with Crippen molar-refractivity contribution in [2.75, 3.05) is 7.11 Å². The van der Waals surface area contributed by atoms with Gasteiger partial charge in [-0.15, -0.1) is 0 Å². The van der Waals surface area contributed by atoms with Gasteiger partial charge in [-0.2, -0.15) is 0 Å². The highest BCUT2D eigenvalue weighted by Gasteiger charge is 2.13. The summed E-state index contributed by atoms with van der Waals surface area (Å²) in [5.41, 5.74) is 3.21. The maximum Gasteiger partial charge on any atom is 0.193 e. The highest BCUT2D eigenvalue weighted by molar-refractivity contribution is 6.12. The van der Waals surface area contributed by atoms with Crippen LogP contribution in [0, 0.1) is 6.92 Å². The van der Waals surface area contributed by atoms with Crippen LogP contribution in [0.5, 0.6) is 11.5 Å². The van der Waals surface area contributed by atoms with Crippen molar-refractivity contribution >= 4 is 11.6 Å². The minimum absolute atomic E-state index is 0.126. The Balaban J connectivity index is 1.69. The fraction of sp³-hybridized carbons (Fsp3) is 0.103. The number of hydrogen-bond donors (Lipinski definition) is 0. The van der Waals surface area contributed by atoms with Gasteiger partial charge in [0.1, 0.15) is 17.3 Å². The lowest BCUT2D eigenvalue weighted by molar-refractivity contribution is 0.102. The maximum absolute atomic E-state index is 12.9. The van der Waals surface area contributed by atoms with Gasteiger partial charge in [-0.05, 0) is 62.4 Å². The first-order valence-corrected chi connectivity index (χ1v) is 10.5. The molecule has 0 aromatic heterocycles. The van der Waals surface area contributed by atoms with Crippen molar-refractivity contribution in [2.24, 2.45) is 0 Å². The fourth-order valence-electron chi connectivity index (χ4n) is 3.08. The molecule has 0 saturated carbocycles. The van der Waals surface area contributed by atoms with E-state index in [1.807, 2.05) is 31.2 Å². The minimum Gasteiger partial charge on any atom is -0.497 e. The van der Waals surface area contributed by atoms with Crippen molar-refractivity contribution in [1.82, 2.24) is 0 Å². The van der Waals surface area contributed by atoms with E-state index >= 15 is 0 Å². The molecule has 0 aliphatic carbocycles. The molecule has 0 unspecified atom stereocenters.